The van der Waals surface area contributed by atoms with E-state index in [1.54, 1.807) is 0 Å². The Labute approximate surface area is 67.9 Å². The van der Waals surface area contributed by atoms with Gasteiger partial charge in [-0.25, -0.2) is 0 Å². The number of rotatable bonds is 1. The van der Waals surface area contributed by atoms with E-state index in [-0.39, 0.29) is 6.29 Å². The molecule has 2 aliphatic rings. The first-order valence-electron chi connectivity index (χ1n) is 4.61. The van der Waals surface area contributed by atoms with Crippen molar-refractivity contribution < 1.29 is 9.47 Å². The van der Waals surface area contributed by atoms with Gasteiger partial charge in [-0.05, 0) is 12.3 Å². The second-order valence-electron chi connectivity index (χ2n) is 3.68. The Morgan fingerprint density at radius 2 is 1.82 bits per heavy atom. The molecule has 0 aromatic rings. The van der Waals surface area contributed by atoms with E-state index < -0.39 is 0 Å². The monoisotopic (exact) mass is 156 g/mol. The average molecular weight is 156 g/mol. The molecule has 2 heteroatoms. The van der Waals surface area contributed by atoms with Gasteiger partial charge in [0.15, 0.2) is 6.29 Å². The molecule has 64 valence electrons. The van der Waals surface area contributed by atoms with Crippen LogP contribution in [-0.4, -0.2) is 19.5 Å². The van der Waals surface area contributed by atoms with Crippen LogP contribution in [0.1, 0.15) is 26.2 Å². The van der Waals surface area contributed by atoms with Gasteiger partial charge in [-0.3, -0.25) is 0 Å². The number of hydrogen-bond donors (Lipinski definition) is 0. The normalized spacial score (nSPS) is 40.1. The largest absolute Gasteiger partial charge is 0.350 e. The van der Waals surface area contributed by atoms with E-state index in [2.05, 4.69) is 6.92 Å². The molecular weight excluding hydrogens is 140 g/mol. The predicted molar refractivity (Wildman–Crippen MR) is 42.2 cm³/mol. The van der Waals surface area contributed by atoms with Gasteiger partial charge in [0.2, 0.25) is 0 Å². The maximum absolute atomic E-state index is 5.49. The van der Waals surface area contributed by atoms with E-state index in [4.69, 9.17) is 9.47 Å². The molecule has 1 unspecified atom stereocenters. The Kier molecular flexibility index (Phi) is 2.14. The maximum atomic E-state index is 5.49. The fraction of sp³-hybridized carbons (Fsp3) is 1.00. The van der Waals surface area contributed by atoms with Crippen molar-refractivity contribution >= 4 is 0 Å². The third kappa shape index (κ3) is 1.42. The Morgan fingerprint density at radius 1 is 1.09 bits per heavy atom. The standard InChI is InChI=1S/C9H16O2/c1-7-3-2-4-8(7)9-10-5-6-11-9/h7-9H,2-6H2,1H3/t7-,8?/m0/s1. The van der Waals surface area contributed by atoms with Crippen LogP contribution in [0.4, 0.5) is 0 Å². The summed E-state index contributed by atoms with van der Waals surface area (Å²) in [7, 11) is 0. The summed E-state index contributed by atoms with van der Waals surface area (Å²) in [5.74, 6) is 1.48. The highest BCUT2D eigenvalue weighted by Crippen LogP contribution is 2.36. The van der Waals surface area contributed by atoms with Crippen molar-refractivity contribution in [2.45, 2.75) is 32.5 Å². The van der Waals surface area contributed by atoms with Gasteiger partial charge in [0.05, 0.1) is 13.2 Å². The van der Waals surface area contributed by atoms with Crippen molar-refractivity contribution in [1.29, 1.82) is 0 Å². The Bertz CT molecular complexity index is 130. The molecule has 1 heterocycles. The molecule has 0 bridgehead atoms. The Hall–Kier alpha value is -0.0800. The molecule has 1 saturated carbocycles. The van der Waals surface area contributed by atoms with Crippen LogP contribution in [-0.2, 0) is 9.47 Å². The smallest absolute Gasteiger partial charge is 0.160 e. The molecule has 0 aromatic carbocycles. The number of hydrogen-bond acceptors (Lipinski definition) is 2. The molecule has 0 spiro atoms. The van der Waals surface area contributed by atoms with Crippen LogP contribution in [0, 0.1) is 11.8 Å². The van der Waals surface area contributed by atoms with E-state index >= 15 is 0 Å². The van der Waals surface area contributed by atoms with Gasteiger partial charge in [0.25, 0.3) is 0 Å². The molecule has 0 amide bonds. The first-order valence-corrected chi connectivity index (χ1v) is 4.61. The lowest BCUT2D eigenvalue weighted by atomic mass is 9.98. The van der Waals surface area contributed by atoms with Crippen molar-refractivity contribution in [2.24, 2.45) is 11.8 Å². The van der Waals surface area contributed by atoms with Gasteiger partial charge in [0.1, 0.15) is 0 Å². The molecule has 0 aromatic heterocycles. The summed E-state index contributed by atoms with van der Waals surface area (Å²) < 4.78 is 11.0. The molecule has 1 saturated heterocycles. The van der Waals surface area contributed by atoms with Crippen LogP contribution >= 0.6 is 0 Å². The maximum Gasteiger partial charge on any atom is 0.160 e. The SMILES string of the molecule is C[C@H]1CCCC1C1OCCO1. The summed E-state index contributed by atoms with van der Waals surface area (Å²) >= 11 is 0. The summed E-state index contributed by atoms with van der Waals surface area (Å²) in [6.07, 6.45) is 4.14. The van der Waals surface area contributed by atoms with Crippen molar-refractivity contribution in [1.82, 2.24) is 0 Å². The molecular formula is C9H16O2. The van der Waals surface area contributed by atoms with Gasteiger partial charge in [-0.1, -0.05) is 19.8 Å². The summed E-state index contributed by atoms with van der Waals surface area (Å²) in [5.41, 5.74) is 0. The minimum Gasteiger partial charge on any atom is -0.350 e. The van der Waals surface area contributed by atoms with E-state index in [0.29, 0.717) is 5.92 Å². The molecule has 2 fully saturated rings. The highest BCUT2D eigenvalue weighted by Gasteiger charge is 2.34. The summed E-state index contributed by atoms with van der Waals surface area (Å²) in [6, 6.07) is 0. The van der Waals surface area contributed by atoms with Crippen LogP contribution in [0.5, 0.6) is 0 Å². The lowest BCUT2D eigenvalue weighted by Crippen LogP contribution is -2.23. The molecule has 0 N–H and O–H groups in total. The highest BCUT2D eigenvalue weighted by atomic mass is 16.7. The Morgan fingerprint density at radius 3 is 2.36 bits per heavy atom. The van der Waals surface area contributed by atoms with Gasteiger partial charge in [-0.15, -0.1) is 0 Å². The van der Waals surface area contributed by atoms with Gasteiger partial charge in [-0.2, -0.15) is 0 Å². The molecule has 1 aliphatic carbocycles. The molecule has 11 heavy (non-hydrogen) atoms. The van der Waals surface area contributed by atoms with Crippen LogP contribution in [0.25, 0.3) is 0 Å². The fourth-order valence-corrected chi connectivity index (χ4v) is 2.20. The molecule has 1 aliphatic heterocycles. The minimum atomic E-state index is 0.132. The van der Waals surface area contributed by atoms with Crippen molar-refractivity contribution in [3.05, 3.63) is 0 Å². The third-order valence-corrected chi connectivity index (χ3v) is 2.92. The van der Waals surface area contributed by atoms with E-state index in [0.717, 1.165) is 19.1 Å². The van der Waals surface area contributed by atoms with Crippen LogP contribution in [0.2, 0.25) is 0 Å². The third-order valence-electron chi connectivity index (χ3n) is 2.92. The lowest BCUT2D eigenvalue weighted by Gasteiger charge is -2.20. The quantitative estimate of drug-likeness (QED) is 0.576. The lowest BCUT2D eigenvalue weighted by molar-refractivity contribution is -0.0914. The van der Waals surface area contributed by atoms with Crippen molar-refractivity contribution in [3.63, 3.8) is 0 Å². The Balaban J connectivity index is 1.92. The second kappa shape index (κ2) is 3.11. The first-order chi connectivity index (χ1) is 5.38. The zero-order chi connectivity index (χ0) is 7.68. The molecule has 2 rings (SSSR count). The van der Waals surface area contributed by atoms with Gasteiger partial charge >= 0.3 is 0 Å². The minimum absolute atomic E-state index is 0.132. The summed E-state index contributed by atoms with van der Waals surface area (Å²) in [5, 5.41) is 0. The zero-order valence-electron chi connectivity index (χ0n) is 7.08. The highest BCUT2D eigenvalue weighted by molar-refractivity contribution is 4.78. The average Bonchev–Trinajstić information content (AvgIpc) is 2.55. The van der Waals surface area contributed by atoms with E-state index in [1.165, 1.54) is 19.3 Å². The topological polar surface area (TPSA) is 18.5 Å². The predicted octanol–water partition coefficient (Wildman–Crippen LogP) is 1.80. The molecule has 2 atom stereocenters. The van der Waals surface area contributed by atoms with Crippen LogP contribution in [0.15, 0.2) is 0 Å². The van der Waals surface area contributed by atoms with Crippen LogP contribution < -0.4 is 0 Å². The van der Waals surface area contributed by atoms with E-state index in [1.807, 2.05) is 0 Å². The van der Waals surface area contributed by atoms with Gasteiger partial charge in [0, 0.05) is 5.92 Å². The van der Waals surface area contributed by atoms with Crippen molar-refractivity contribution in [3.8, 4) is 0 Å². The molecule has 2 nitrogen and oxygen atoms in total. The van der Waals surface area contributed by atoms with E-state index in [9.17, 15) is 0 Å². The number of ether oxygens (including phenoxy) is 2. The summed E-state index contributed by atoms with van der Waals surface area (Å²) in [4.78, 5) is 0. The molecule has 0 radical (unpaired) electrons. The fourth-order valence-electron chi connectivity index (χ4n) is 2.20. The summed E-state index contributed by atoms with van der Waals surface area (Å²) in [6.45, 7) is 3.91. The first kappa shape index (κ1) is 7.56. The second-order valence-corrected chi connectivity index (χ2v) is 3.68. The van der Waals surface area contributed by atoms with Crippen molar-refractivity contribution in [2.75, 3.05) is 13.2 Å². The zero-order valence-corrected chi connectivity index (χ0v) is 7.08. The van der Waals surface area contributed by atoms with Crippen LogP contribution in [0.3, 0.4) is 0 Å². The van der Waals surface area contributed by atoms with Gasteiger partial charge < -0.3 is 9.47 Å².